The molecule has 17 nitrogen and oxygen atoms in total. The van der Waals surface area contributed by atoms with E-state index in [1.807, 2.05) is 88.1 Å². The lowest BCUT2D eigenvalue weighted by molar-refractivity contribution is -0.150. The van der Waals surface area contributed by atoms with Crippen molar-refractivity contribution in [1.29, 1.82) is 0 Å². The van der Waals surface area contributed by atoms with Crippen LogP contribution in [0, 0.1) is 23.7 Å². The molecule has 376 valence electrons. The number of nitrogens with zero attached hydrogens (tertiary/aromatic N) is 9. The molecule has 2 aliphatic carbocycles. The van der Waals surface area contributed by atoms with E-state index in [0.717, 1.165) is 115 Å². The molecule has 0 bridgehead atoms. The number of carbonyl (C=O) groups excluding carboxylic acids is 3. The highest BCUT2D eigenvalue weighted by atomic mass is 32.1. The number of para-hydroxylation sites is 1. The van der Waals surface area contributed by atoms with Gasteiger partial charge in [-0.05, 0) is 79.7 Å². The van der Waals surface area contributed by atoms with Gasteiger partial charge in [0.15, 0.2) is 5.65 Å². The zero-order valence-electron chi connectivity index (χ0n) is 41.6. The number of β-amino-alcohol motifs (C(OH)–C–C–N with tert-alkyl or cyclic N) is 1. The number of hydrogen-bond donors (Lipinski definition) is 5. The third-order valence-electron chi connectivity index (χ3n) is 16.2. The van der Waals surface area contributed by atoms with E-state index >= 15 is 0 Å². The number of nitrogens with one attached hydrogen (secondary N) is 3. The topological polar surface area (TPSA) is 209 Å². The quantitative estimate of drug-likeness (QED) is 0.0986. The molecule has 5 aliphatic rings. The summed E-state index contributed by atoms with van der Waals surface area (Å²) in [5.41, 5.74) is 9.66. The smallest absolute Gasteiger partial charge is 0.246 e. The SMILES string of the molecule is Cc1ncsc1-c1ccc(CNC(=O)[C@@H]2C[C@@H](O)CN2C(=O)[C@@H](NC(=O)[C@H]2CC3(C2)C[C@H](N2CCN(c4cnc(N5CCc6[nH]c7nnc(-c8ccccc8O)cc7c6[C@H]5C)nc4)CC2)C3)C(C)(C)C)cc1. The van der Waals surface area contributed by atoms with E-state index in [2.05, 4.69) is 52.4 Å². The molecule has 0 unspecified atom stereocenters. The second-order valence-corrected chi connectivity index (χ2v) is 22.8. The molecule has 1 spiro atoms. The summed E-state index contributed by atoms with van der Waals surface area (Å²) in [6.45, 7) is 14.7. The molecular formula is C54H64N12O5S. The van der Waals surface area contributed by atoms with Crippen LogP contribution in [-0.4, -0.2) is 131 Å². The third kappa shape index (κ3) is 9.06. The number of H-pyrrole nitrogens is 1. The summed E-state index contributed by atoms with van der Waals surface area (Å²) in [5.74, 6) is -0.0626. The number of fused-ring (bicyclic) bond motifs is 3. The Hall–Kier alpha value is -6.50. The first-order chi connectivity index (χ1) is 34.6. The van der Waals surface area contributed by atoms with Crippen LogP contribution in [0.2, 0.25) is 0 Å². The van der Waals surface area contributed by atoms with E-state index < -0.39 is 23.6 Å². The number of rotatable bonds is 11. The lowest BCUT2D eigenvalue weighted by atomic mass is 9.49. The molecule has 4 atom stereocenters. The van der Waals surface area contributed by atoms with Crippen LogP contribution in [-0.2, 0) is 27.3 Å². The Morgan fingerprint density at radius 3 is 2.36 bits per heavy atom. The number of benzene rings is 2. The van der Waals surface area contributed by atoms with Gasteiger partial charge in [-0.3, -0.25) is 19.3 Å². The maximum Gasteiger partial charge on any atom is 0.246 e. The minimum atomic E-state index is -0.846. The summed E-state index contributed by atoms with van der Waals surface area (Å²) in [4.78, 5) is 69.1. The number of carbonyl (C=O) groups is 3. The van der Waals surface area contributed by atoms with Gasteiger partial charge in [0, 0.05) is 92.8 Å². The molecule has 5 N–H and O–H groups in total. The number of aryl methyl sites for hydroxylation is 1. The largest absolute Gasteiger partial charge is 0.507 e. The fourth-order valence-electron chi connectivity index (χ4n) is 12.1. The number of aliphatic hydroxyl groups is 1. The van der Waals surface area contributed by atoms with Crippen molar-refractivity contribution in [3.63, 3.8) is 0 Å². The predicted octanol–water partition coefficient (Wildman–Crippen LogP) is 6.17. The molecule has 4 aromatic heterocycles. The van der Waals surface area contributed by atoms with E-state index in [4.69, 9.17) is 9.97 Å². The van der Waals surface area contributed by atoms with Crippen LogP contribution in [0.15, 0.2) is 72.5 Å². The van der Waals surface area contributed by atoms with Crippen molar-refractivity contribution in [1.82, 2.24) is 50.6 Å². The molecule has 72 heavy (non-hydrogen) atoms. The number of aromatic hydroxyl groups is 1. The van der Waals surface area contributed by atoms with Crippen molar-refractivity contribution in [2.45, 2.75) is 110 Å². The standard InChI is InChI=1S/C54H64N12O5S/c1-31-46(72-30-58-31)34-12-10-33(11-13-34)26-55-50(70)43-20-38(67)29-66(43)51(71)47(53(3,4)5)60-49(69)35-22-54(23-35)24-36(25-54)63-16-18-64(19-17-63)37-27-56-52(57-28-37)65-15-14-41-45(32(65)2)40-21-42(61-62-48(40)59-41)39-8-6-7-9-44(39)68/h6-13,21,27-28,30,32,35-36,38,43,47,67-68H,14-20,22-26,29H2,1-5H3,(H,55,70)(H,59,62)(H,60,69)/t32-,35-,36-,38-,43+,47-,54?/m1/s1. The fraction of sp³-hybridized carbons (Fsp3) is 0.481. The second-order valence-electron chi connectivity index (χ2n) is 22.0. The van der Waals surface area contributed by atoms with Gasteiger partial charge in [0.2, 0.25) is 23.7 Å². The van der Waals surface area contributed by atoms with Gasteiger partial charge in [-0.1, -0.05) is 57.2 Å². The van der Waals surface area contributed by atoms with Crippen LogP contribution in [0.25, 0.3) is 32.7 Å². The number of amides is 3. The highest BCUT2D eigenvalue weighted by molar-refractivity contribution is 7.13. The number of hydrogen-bond acceptors (Lipinski definition) is 14. The summed E-state index contributed by atoms with van der Waals surface area (Å²) in [6.07, 6.45) is 7.78. The van der Waals surface area contributed by atoms with Gasteiger partial charge in [-0.2, -0.15) is 0 Å². The Kier molecular flexibility index (Phi) is 12.5. The first-order valence-electron chi connectivity index (χ1n) is 25.4. The number of piperazine rings is 1. The van der Waals surface area contributed by atoms with Gasteiger partial charge in [0.05, 0.1) is 52.0 Å². The summed E-state index contributed by atoms with van der Waals surface area (Å²) < 4.78 is 0. The summed E-state index contributed by atoms with van der Waals surface area (Å²) in [5, 5.41) is 37.2. The van der Waals surface area contributed by atoms with Gasteiger partial charge in [0.1, 0.15) is 17.8 Å². The highest BCUT2D eigenvalue weighted by Gasteiger charge is 2.57. The van der Waals surface area contributed by atoms with Crippen LogP contribution in [0.4, 0.5) is 11.6 Å². The number of phenols is 1. The predicted molar refractivity (Wildman–Crippen MR) is 276 cm³/mol. The first kappa shape index (κ1) is 47.8. The number of aromatic amines is 1. The Morgan fingerprint density at radius 1 is 0.931 bits per heavy atom. The monoisotopic (exact) mass is 992 g/mol. The van der Waals surface area contributed by atoms with E-state index in [1.54, 1.807) is 23.5 Å². The number of phenolic OH excluding ortho intramolecular Hbond substituents is 1. The zero-order valence-corrected chi connectivity index (χ0v) is 42.5. The third-order valence-corrected chi connectivity index (χ3v) is 17.2. The summed E-state index contributed by atoms with van der Waals surface area (Å²) in [7, 11) is 0. The normalized spacial score (nSPS) is 24.7. The van der Waals surface area contributed by atoms with Crippen LogP contribution in [0.1, 0.15) is 88.4 Å². The van der Waals surface area contributed by atoms with E-state index in [1.165, 1.54) is 4.90 Å². The lowest BCUT2D eigenvalue weighted by Crippen LogP contribution is -2.63. The van der Waals surface area contributed by atoms with Gasteiger partial charge in [-0.15, -0.1) is 21.5 Å². The molecule has 6 aromatic rings. The number of aliphatic hydroxyl groups excluding tert-OH is 1. The van der Waals surface area contributed by atoms with Crippen LogP contribution in [0.3, 0.4) is 0 Å². The number of anilines is 2. The van der Waals surface area contributed by atoms with Gasteiger partial charge >= 0.3 is 0 Å². The molecule has 3 aliphatic heterocycles. The van der Waals surface area contributed by atoms with Crippen molar-refractivity contribution in [2.75, 3.05) is 49.1 Å². The molecule has 0 radical (unpaired) electrons. The summed E-state index contributed by atoms with van der Waals surface area (Å²) in [6, 6.07) is 16.0. The van der Waals surface area contributed by atoms with Crippen LogP contribution < -0.4 is 20.4 Å². The van der Waals surface area contributed by atoms with Crippen molar-refractivity contribution in [3.05, 3.63) is 95.0 Å². The number of thiazole rings is 1. The van der Waals surface area contributed by atoms with Crippen molar-refractivity contribution >= 4 is 51.7 Å². The number of aromatic nitrogens is 6. The molecule has 2 saturated carbocycles. The van der Waals surface area contributed by atoms with Crippen LogP contribution >= 0.6 is 11.3 Å². The maximum absolute atomic E-state index is 14.3. The molecule has 7 heterocycles. The van der Waals surface area contributed by atoms with E-state index in [-0.39, 0.29) is 60.4 Å². The van der Waals surface area contributed by atoms with E-state index in [0.29, 0.717) is 23.2 Å². The van der Waals surface area contributed by atoms with Gasteiger partial charge in [-0.25, -0.2) is 15.0 Å². The minimum absolute atomic E-state index is 0.0000995. The Bertz CT molecular complexity index is 2980. The molecular weight excluding hydrogens is 929 g/mol. The van der Waals surface area contributed by atoms with Crippen molar-refractivity contribution in [3.8, 4) is 27.4 Å². The molecule has 18 heteroatoms. The van der Waals surface area contributed by atoms with E-state index in [9.17, 15) is 24.6 Å². The van der Waals surface area contributed by atoms with Crippen molar-refractivity contribution in [2.24, 2.45) is 16.7 Å². The Balaban J connectivity index is 0.644. The molecule has 2 aromatic carbocycles. The molecule has 3 amide bonds. The Morgan fingerprint density at radius 2 is 1.67 bits per heavy atom. The molecule has 4 fully saturated rings. The zero-order chi connectivity index (χ0) is 50.1. The van der Waals surface area contributed by atoms with Crippen LogP contribution in [0.5, 0.6) is 5.75 Å². The molecule has 2 saturated heterocycles. The lowest BCUT2D eigenvalue weighted by Gasteiger charge is -2.60. The first-order valence-corrected chi connectivity index (χ1v) is 26.3. The molecule has 11 rings (SSSR count). The summed E-state index contributed by atoms with van der Waals surface area (Å²) >= 11 is 1.59. The average Bonchev–Trinajstić information content (AvgIpc) is 4.08. The average molecular weight is 993 g/mol. The van der Waals surface area contributed by atoms with Crippen molar-refractivity contribution < 1.29 is 24.6 Å². The Labute approximate surface area is 423 Å². The highest BCUT2D eigenvalue weighted by Crippen LogP contribution is 2.60. The number of likely N-dealkylation sites (tertiary alicyclic amines) is 1. The fourth-order valence-corrected chi connectivity index (χ4v) is 12.9. The van der Waals surface area contributed by atoms with Gasteiger partial charge < -0.3 is 40.5 Å². The minimum Gasteiger partial charge on any atom is -0.507 e. The second kappa shape index (κ2) is 18.8. The van der Waals surface area contributed by atoms with Gasteiger partial charge in [0.25, 0.3) is 0 Å². The maximum atomic E-state index is 14.3.